The second-order valence-electron chi connectivity index (χ2n) is 7.35. The molecule has 1 aromatic heterocycles. The third-order valence-corrected chi connectivity index (χ3v) is 5.29. The predicted octanol–water partition coefficient (Wildman–Crippen LogP) is 4.92. The molecule has 0 fully saturated rings. The number of hydrogen-bond acceptors (Lipinski definition) is 2. The van der Waals surface area contributed by atoms with Crippen molar-refractivity contribution in [3.8, 4) is 0 Å². The molecule has 1 aliphatic rings. The van der Waals surface area contributed by atoms with Gasteiger partial charge in [0, 0.05) is 53.0 Å². The first-order chi connectivity index (χ1) is 13.1. The maximum absolute atomic E-state index is 12.4. The lowest BCUT2D eigenvalue weighted by molar-refractivity contribution is 0.102. The number of carbonyl (C=O) groups is 1. The molecule has 0 aliphatic carbocycles. The lowest BCUT2D eigenvalue weighted by atomic mass is 9.98. The molecular formula is C23H25N3O. The van der Waals surface area contributed by atoms with Crippen LogP contribution in [-0.4, -0.2) is 34.9 Å². The van der Waals surface area contributed by atoms with Crippen LogP contribution in [0.25, 0.3) is 16.5 Å². The van der Waals surface area contributed by atoms with Gasteiger partial charge >= 0.3 is 0 Å². The summed E-state index contributed by atoms with van der Waals surface area (Å²) in [6.07, 6.45) is 5.47. The Morgan fingerprint density at radius 3 is 2.67 bits per heavy atom. The van der Waals surface area contributed by atoms with Gasteiger partial charge in [-0.3, -0.25) is 9.69 Å². The Labute approximate surface area is 159 Å². The minimum absolute atomic E-state index is 0.0866. The highest BCUT2D eigenvalue weighted by molar-refractivity contribution is 6.05. The topological polar surface area (TPSA) is 48.1 Å². The molecule has 1 amide bonds. The number of benzene rings is 2. The molecule has 2 N–H and O–H groups in total. The molecule has 4 nitrogen and oxygen atoms in total. The van der Waals surface area contributed by atoms with E-state index in [2.05, 4.69) is 47.4 Å². The van der Waals surface area contributed by atoms with Crippen molar-refractivity contribution in [2.24, 2.45) is 0 Å². The fourth-order valence-corrected chi connectivity index (χ4v) is 3.66. The Hall–Kier alpha value is -2.85. The van der Waals surface area contributed by atoms with Crippen LogP contribution in [0.5, 0.6) is 0 Å². The van der Waals surface area contributed by atoms with E-state index in [4.69, 9.17) is 0 Å². The highest BCUT2D eigenvalue weighted by Crippen LogP contribution is 2.31. The van der Waals surface area contributed by atoms with E-state index >= 15 is 0 Å². The van der Waals surface area contributed by atoms with Crippen LogP contribution in [0.1, 0.15) is 36.2 Å². The van der Waals surface area contributed by atoms with Crippen LogP contribution in [0.3, 0.4) is 0 Å². The number of H-pyrrole nitrogens is 1. The zero-order valence-electron chi connectivity index (χ0n) is 15.8. The van der Waals surface area contributed by atoms with Gasteiger partial charge in [-0.15, -0.1) is 0 Å². The average molecular weight is 359 g/mol. The summed E-state index contributed by atoms with van der Waals surface area (Å²) >= 11 is 0. The fraction of sp³-hybridized carbons (Fsp3) is 0.261. The van der Waals surface area contributed by atoms with Crippen molar-refractivity contribution in [3.63, 3.8) is 0 Å². The number of rotatable bonds is 4. The third kappa shape index (κ3) is 3.67. The van der Waals surface area contributed by atoms with Gasteiger partial charge in [0.25, 0.3) is 5.91 Å². The van der Waals surface area contributed by atoms with Crippen LogP contribution in [0.4, 0.5) is 5.69 Å². The molecule has 4 heteroatoms. The molecule has 0 saturated carbocycles. The first kappa shape index (κ1) is 17.6. The average Bonchev–Trinajstić information content (AvgIpc) is 3.12. The van der Waals surface area contributed by atoms with E-state index in [1.165, 1.54) is 11.1 Å². The molecule has 0 saturated heterocycles. The number of fused-ring (bicyclic) bond motifs is 1. The standard InChI is InChI=1S/C23H25N3O/c1-16(2)26-12-10-17(11-13-26)21-15-24-22-9-8-19(14-20(21)22)25-23(27)18-6-4-3-5-7-18/h3-10,14-16,24H,11-13H2,1-2H3,(H,25,27). The SMILES string of the molecule is CC(C)N1CC=C(c2c[nH]c3ccc(NC(=O)c4ccccc4)cc23)CC1. The molecule has 3 aromatic rings. The van der Waals surface area contributed by atoms with E-state index in [9.17, 15) is 4.79 Å². The summed E-state index contributed by atoms with van der Waals surface area (Å²) in [6.45, 7) is 6.56. The summed E-state index contributed by atoms with van der Waals surface area (Å²) in [7, 11) is 0. The summed E-state index contributed by atoms with van der Waals surface area (Å²) in [5.74, 6) is -0.0866. The van der Waals surface area contributed by atoms with Gasteiger partial charge in [0.15, 0.2) is 0 Å². The number of hydrogen-bond donors (Lipinski definition) is 2. The monoisotopic (exact) mass is 359 g/mol. The molecule has 4 rings (SSSR count). The van der Waals surface area contributed by atoms with Crippen molar-refractivity contribution in [1.29, 1.82) is 0 Å². The first-order valence-corrected chi connectivity index (χ1v) is 9.53. The van der Waals surface area contributed by atoms with E-state index in [1.54, 1.807) is 0 Å². The molecular weight excluding hydrogens is 334 g/mol. The van der Waals surface area contributed by atoms with Gasteiger partial charge in [0.2, 0.25) is 0 Å². The summed E-state index contributed by atoms with van der Waals surface area (Å²) in [4.78, 5) is 18.3. The van der Waals surface area contributed by atoms with Crippen LogP contribution in [0.2, 0.25) is 0 Å². The summed E-state index contributed by atoms with van der Waals surface area (Å²) in [5.41, 5.74) is 5.19. The number of nitrogens with one attached hydrogen (secondary N) is 2. The maximum Gasteiger partial charge on any atom is 0.255 e. The van der Waals surface area contributed by atoms with Gasteiger partial charge in [-0.2, -0.15) is 0 Å². The first-order valence-electron chi connectivity index (χ1n) is 9.53. The van der Waals surface area contributed by atoms with Crippen LogP contribution in [0, 0.1) is 0 Å². The number of aromatic nitrogens is 1. The maximum atomic E-state index is 12.4. The molecule has 0 bridgehead atoms. The highest BCUT2D eigenvalue weighted by Gasteiger charge is 2.17. The van der Waals surface area contributed by atoms with Gasteiger partial charge in [0.05, 0.1) is 0 Å². The number of nitrogens with zero attached hydrogens (tertiary/aromatic N) is 1. The van der Waals surface area contributed by atoms with Gasteiger partial charge < -0.3 is 10.3 Å². The Kier molecular flexibility index (Phi) is 4.82. The smallest absolute Gasteiger partial charge is 0.255 e. The third-order valence-electron chi connectivity index (χ3n) is 5.29. The van der Waals surface area contributed by atoms with Crippen molar-refractivity contribution in [2.75, 3.05) is 18.4 Å². The van der Waals surface area contributed by atoms with Crippen LogP contribution < -0.4 is 5.32 Å². The molecule has 0 radical (unpaired) electrons. The van der Waals surface area contributed by atoms with Crippen LogP contribution in [-0.2, 0) is 0 Å². The van der Waals surface area contributed by atoms with Gasteiger partial charge in [-0.1, -0.05) is 24.3 Å². The molecule has 1 aliphatic heterocycles. The Bertz CT molecular complexity index is 985. The number of anilines is 1. The van der Waals surface area contributed by atoms with E-state index in [1.807, 2.05) is 42.5 Å². The van der Waals surface area contributed by atoms with Gasteiger partial charge in [0.1, 0.15) is 0 Å². The molecule has 0 unspecified atom stereocenters. The van der Waals surface area contributed by atoms with E-state index in [0.29, 0.717) is 11.6 Å². The Morgan fingerprint density at radius 2 is 1.96 bits per heavy atom. The van der Waals surface area contributed by atoms with E-state index in [0.717, 1.165) is 36.1 Å². The zero-order chi connectivity index (χ0) is 18.8. The second-order valence-corrected chi connectivity index (χ2v) is 7.35. The van der Waals surface area contributed by atoms with Crippen molar-refractivity contribution in [2.45, 2.75) is 26.3 Å². The van der Waals surface area contributed by atoms with Crippen LogP contribution >= 0.6 is 0 Å². The summed E-state index contributed by atoms with van der Waals surface area (Å²) < 4.78 is 0. The number of aromatic amines is 1. The van der Waals surface area contributed by atoms with Crippen molar-refractivity contribution in [1.82, 2.24) is 9.88 Å². The largest absolute Gasteiger partial charge is 0.361 e. The molecule has 0 spiro atoms. The van der Waals surface area contributed by atoms with E-state index < -0.39 is 0 Å². The second kappa shape index (κ2) is 7.41. The quantitative estimate of drug-likeness (QED) is 0.695. The normalized spacial score (nSPS) is 15.1. The number of amides is 1. The van der Waals surface area contributed by atoms with Crippen molar-refractivity contribution in [3.05, 3.63) is 71.9 Å². The molecule has 0 atom stereocenters. The Morgan fingerprint density at radius 1 is 1.15 bits per heavy atom. The fourth-order valence-electron chi connectivity index (χ4n) is 3.66. The molecule has 27 heavy (non-hydrogen) atoms. The predicted molar refractivity (Wildman–Crippen MR) is 112 cm³/mol. The van der Waals surface area contributed by atoms with Gasteiger partial charge in [-0.05, 0) is 56.2 Å². The van der Waals surface area contributed by atoms with E-state index in [-0.39, 0.29) is 5.91 Å². The minimum atomic E-state index is -0.0866. The van der Waals surface area contributed by atoms with Crippen molar-refractivity contribution >= 4 is 28.1 Å². The minimum Gasteiger partial charge on any atom is -0.361 e. The van der Waals surface area contributed by atoms with Crippen molar-refractivity contribution < 1.29 is 4.79 Å². The summed E-state index contributed by atoms with van der Waals surface area (Å²) in [6, 6.07) is 15.9. The molecule has 2 aromatic carbocycles. The van der Waals surface area contributed by atoms with Crippen LogP contribution in [0.15, 0.2) is 60.8 Å². The zero-order valence-corrected chi connectivity index (χ0v) is 15.8. The lowest BCUT2D eigenvalue weighted by Gasteiger charge is -2.29. The van der Waals surface area contributed by atoms with Gasteiger partial charge in [-0.25, -0.2) is 0 Å². The highest BCUT2D eigenvalue weighted by atomic mass is 16.1. The molecule has 138 valence electrons. The Balaban J connectivity index is 1.59. The summed E-state index contributed by atoms with van der Waals surface area (Å²) in [5, 5.41) is 4.17. The molecule has 2 heterocycles. The lowest BCUT2D eigenvalue weighted by Crippen LogP contribution is -2.34. The number of carbonyl (C=O) groups excluding carboxylic acids is 1.